The predicted octanol–water partition coefficient (Wildman–Crippen LogP) is 3.13. The molecule has 1 amide bonds. The van der Waals surface area contributed by atoms with Crippen LogP contribution in [-0.4, -0.2) is 84.0 Å². The van der Waals surface area contributed by atoms with Crippen molar-refractivity contribution in [2.45, 2.75) is 26.4 Å². The van der Waals surface area contributed by atoms with Crippen LogP contribution in [0.3, 0.4) is 0 Å². The molecule has 0 aromatic carbocycles. The summed E-state index contributed by atoms with van der Waals surface area (Å²) in [6, 6.07) is 4.18. The Balaban J connectivity index is 1.38. The lowest BCUT2D eigenvalue weighted by Crippen LogP contribution is -2.50. The Kier molecular flexibility index (Phi) is 5.50. The second-order valence-corrected chi connectivity index (χ2v) is 10.1. The van der Waals surface area contributed by atoms with Gasteiger partial charge in [0.2, 0.25) is 0 Å². The summed E-state index contributed by atoms with van der Waals surface area (Å²) in [6.07, 6.45) is 1.37. The quantitative estimate of drug-likeness (QED) is 0.582. The third-order valence-electron chi connectivity index (χ3n) is 5.65. The lowest BCUT2D eigenvalue weighted by molar-refractivity contribution is 0.0240. The molecule has 3 aromatic rings. The van der Waals surface area contributed by atoms with E-state index in [0.717, 1.165) is 58.4 Å². The molecule has 9 nitrogen and oxygen atoms in total. The molecule has 2 aliphatic rings. The largest absolute Gasteiger partial charge is 0.444 e. The molecular weight excluding hydrogens is 428 g/mol. The normalized spacial score (nSPS) is 17.9. The third-order valence-corrected chi connectivity index (χ3v) is 6.74. The second kappa shape index (κ2) is 8.32. The lowest BCUT2D eigenvalue weighted by atomic mass is 10.2. The molecule has 0 aliphatic carbocycles. The molecule has 2 aliphatic heterocycles. The van der Waals surface area contributed by atoms with E-state index >= 15 is 0 Å². The van der Waals surface area contributed by atoms with E-state index < -0.39 is 5.60 Å². The number of carbonyl (C=O) groups excluding carboxylic acids is 1. The highest BCUT2D eigenvalue weighted by atomic mass is 32.1. The number of thiophene rings is 1. The van der Waals surface area contributed by atoms with Crippen molar-refractivity contribution in [2.75, 3.05) is 62.3 Å². The number of rotatable bonds is 2. The lowest BCUT2D eigenvalue weighted by Gasteiger charge is -2.36. The topological polar surface area (TPSA) is 83.9 Å². The van der Waals surface area contributed by atoms with E-state index in [0.29, 0.717) is 26.2 Å². The van der Waals surface area contributed by atoms with Crippen molar-refractivity contribution in [2.24, 2.45) is 0 Å². The van der Waals surface area contributed by atoms with Gasteiger partial charge in [-0.05, 0) is 32.9 Å². The molecule has 5 heterocycles. The summed E-state index contributed by atoms with van der Waals surface area (Å²) >= 11 is 1.63. The van der Waals surface area contributed by atoms with Gasteiger partial charge in [0.05, 0.1) is 23.4 Å². The van der Waals surface area contributed by atoms with E-state index in [4.69, 9.17) is 14.5 Å². The maximum atomic E-state index is 12.4. The monoisotopic (exact) mass is 456 g/mol. The number of ether oxygens (including phenoxy) is 2. The van der Waals surface area contributed by atoms with Crippen molar-refractivity contribution in [1.29, 1.82) is 0 Å². The summed E-state index contributed by atoms with van der Waals surface area (Å²) in [5.74, 6) is 1.89. The Hall–Kier alpha value is -2.72. The van der Waals surface area contributed by atoms with Gasteiger partial charge in [0, 0.05) is 44.7 Å². The molecule has 0 atom stereocenters. The molecule has 0 radical (unpaired) electrons. The maximum Gasteiger partial charge on any atom is 0.410 e. The molecule has 32 heavy (non-hydrogen) atoms. The van der Waals surface area contributed by atoms with Crippen molar-refractivity contribution in [3.8, 4) is 0 Å². The minimum Gasteiger partial charge on any atom is -0.444 e. The number of hydrogen-bond donors (Lipinski definition) is 0. The molecule has 0 spiro atoms. The Bertz CT molecular complexity index is 1130. The number of morpholine rings is 1. The van der Waals surface area contributed by atoms with E-state index in [-0.39, 0.29) is 6.09 Å². The summed E-state index contributed by atoms with van der Waals surface area (Å²) in [5.41, 5.74) is 0.447. The number of aromatic nitrogens is 3. The summed E-state index contributed by atoms with van der Waals surface area (Å²) in [4.78, 5) is 33.7. The van der Waals surface area contributed by atoms with E-state index in [1.165, 1.54) is 0 Å². The average Bonchev–Trinajstić information content (AvgIpc) is 3.16. The van der Waals surface area contributed by atoms with Gasteiger partial charge >= 0.3 is 6.09 Å². The van der Waals surface area contributed by atoms with Gasteiger partial charge in [-0.2, -0.15) is 0 Å². The summed E-state index contributed by atoms with van der Waals surface area (Å²) in [5, 5.41) is 1.05. The van der Waals surface area contributed by atoms with E-state index in [2.05, 4.69) is 31.9 Å². The molecule has 0 saturated carbocycles. The Labute approximate surface area is 190 Å². The molecule has 10 heteroatoms. The molecule has 170 valence electrons. The Morgan fingerprint density at radius 1 is 1.03 bits per heavy atom. The fraction of sp³-hybridized carbons (Fsp3) is 0.545. The first-order valence-electron chi connectivity index (χ1n) is 11.0. The predicted molar refractivity (Wildman–Crippen MR) is 126 cm³/mol. The SMILES string of the molecule is CC(C)(C)OC(=O)N1CCN(c2ncnc3c2sc2nc(N4CCOCC4)ccc23)CC1. The fourth-order valence-corrected chi connectivity index (χ4v) is 5.20. The van der Waals surface area contributed by atoms with Crippen LogP contribution < -0.4 is 9.80 Å². The first kappa shape index (κ1) is 21.1. The number of anilines is 2. The van der Waals surface area contributed by atoms with Crippen LogP contribution in [0.2, 0.25) is 0 Å². The van der Waals surface area contributed by atoms with Crippen LogP contribution in [0.25, 0.3) is 20.4 Å². The number of carbonyl (C=O) groups is 1. The number of piperazine rings is 1. The fourth-order valence-electron chi connectivity index (χ4n) is 4.06. The van der Waals surface area contributed by atoms with Crippen molar-refractivity contribution in [3.05, 3.63) is 18.5 Å². The maximum absolute atomic E-state index is 12.4. The molecule has 2 saturated heterocycles. The highest BCUT2D eigenvalue weighted by Gasteiger charge is 2.27. The zero-order valence-corrected chi connectivity index (χ0v) is 19.5. The smallest absolute Gasteiger partial charge is 0.410 e. The standard InChI is InChI=1S/C22H28N6O3S/c1-22(2,3)31-21(29)28-8-6-27(7-9-28)19-18-17(23-14-24-19)15-4-5-16(25-20(15)32-18)26-10-12-30-13-11-26/h4-5,14H,6-13H2,1-3H3. The Morgan fingerprint density at radius 2 is 1.78 bits per heavy atom. The zero-order chi connectivity index (χ0) is 22.3. The van der Waals surface area contributed by atoms with Crippen molar-refractivity contribution in [3.63, 3.8) is 0 Å². The van der Waals surface area contributed by atoms with Gasteiger partial charge in [0.15, 0.2) is 0 Å². The number of hydrogen-bond acceptors (Lipinski definition) is 9. The molecule has 0 bridgehead atoms. The van der Waals surface area contributed by atoms with Crippen LogP contribution in [0.4, 0.5) is 16.4 Å². The first-order chi connectivity index (χ1) is 15.4. The van der Waals surface area contributed by atoms with Crippen LogP contribution in [0.1, 0.15) is 20.8 Å². The number of nitrogens with zero attached hydrogens (tertiary/aromatic N) is 6. The average molecular weight is 457 g/mol. The van der Waals surface area contributed by atoms with Crippen LogP contribution >= 0.6 is 11.3 Å². The van der Waals surface area contributed by atoms with Crippen molar-refractivity contribution < 1.29 is 14.3 Å². The molecule has 3 aromatic heterocycles. The van der Waals surface area contributed by atoms with Crippen molar-refractivity contribution in [1.82, 2.24) is 19.9 Å². The molecular formula is C22H28N6O3S. The first-order valence-corrected chi connectivity index (χ1v) is 11.8. The van der Waals surface area contributed by atoms with Gasteiger partial charge in [0.1, 0.15) is 28.4 Å². The van der Waals surface area contributed by atoms with Gasteiger partial charge < -0.3 is 24.2 Å². The van der Waals surface area contributed by atoms with Gasteiger partial charge in [0.25, 0.3) is 0 Å². The van der Waals surface area contributed by atoms with Crippen LogP contribution in [0.15, 0.2) is 18.5 Å². The third kappa shape index (κ3) is 4.16. The van der Waals surface area contributed by atoms with E-state index in [9.17, 15) is 4.79 Å². The molecule has 0 unspecified atom stereocenters. The number of amides is 1. The van der Waals surface area contributed by atoms with Gasteiger partial charge in [-0.15, -0.1) is 11.3 Å². The van der Waals surface area contributed by atoms with Crippen LogP contribution in [-0.2, 0) is 9.47 Å². The van der Waals surface area contributed by atoms with E-state index in [1.807, 2.05) is 20.8 Å². The zero-order valence-electron chi connectivity index (χ0n) is 18.7. The summed E-state index contributed by atoms with van der Waals surface area (Å²) in [7, 11) is 0. The second-order valence-electron chi connectivity index (χ2n) is 9.05. The van der Waals surface area contributed by atoms with E-state index in [1.54, 1.807) is 22.6 Å². The summed E-state index contributed by atoms with van der Waals surface area (Å²) < 4.78 is 12.0. The van der Waals surface area contributed by atoms with Gasteiger partial charge in [-0.3, -0.25) is 0 Å². The Morgan fingerprint density at radius 3 is 2.50 bits per heavy atom. The molecule has 0 N–H and O–H groups in total. The minimum absolute atomic E-state index is 0.258. The van der Waals surface area contributed by atoms with Crippen molar-refractivity contribution >= 4 is 49.5 Å². The number of fused-ring (bicyclic) bond motifs is 3. The number of pyridine rings is 1. The van der Waals surface area contributed by atoms with Crippen LogP contribution in [0.5, 0.6) is 0 Å². The summed E-state index contributed by atoms with van der Waals surface area (Å²) in [6.45, 7) is 11.4. The molecule has 2 fully saturated rings. The van der Waals surface area contributed by atoms with Gasteiger partial charge in [-0.1, -0.05) is 0 Å². The highest BCUT2D eigenvalue weighted by molar-refractivity contribution is 7.26. The molecule has 5 rings (SSSR count). The minimum atomic E-state index is -0.489. The highest BCUT2D eigenvalue weighted by Crippen LogP contribution is 2.37. The van der Waals surface area contributed by atoms with Crippen LogP contribution in [0, 0.1) is 0 Å². The van der Waals surface area contributed by atoms with Gasteiger partial charge in [-0.25, -0.2) is 19.7 Å².